The van der Waals surface area contributed by atoms with Gasteiger partial charge in [0, 0.05) is 12.6 Å². The van der Waals surface area contributed by atoms with Gasteiger partial charge in [-0.05, 0) is 70.5 Å². The van der Waals surface area contributed by atoms with E-state index in [0.29, 0.717) is 11.7 Å². The summed E-state index contributed by atoms with van der Waals surface area (Å²) in [6.07, 6.45) is 4.19. The number of carbonyl (C=O) groups is 1. The highest BCUT2D eigenvalue weighted by Gasteiger charge is 2.31. The minimum absolute atomic E-state index is 0.000874. The monoisotopic (exact) mass is 335 g/mol. The molecule has 4 nitrogen and oxygen atoms in total. The highest BCUT2D eigenvalue weighted by atomic mass is 19.1. The normalized spacial score (nSPS) is 21.4. The van der Waals surface area contributed by atoms with Crippen LogP contribution in [0, 0.1) is 5.82 Å². The number of halogens is 1. The van der Waals surface area contributed by atoms with Crippen LogP contribution in [0.1, 0.15) is 68.3 Å². The maximum absolute atomic E-state index is 14.5. The van der Waals surface area contributed by atoms with Crippen molar-refractivity contribution in [2.75, 3.05) is 13.1 Å². The third kappa shape index (κ3) is 4.26. The molecule has 1 aromatic carbocycles. The van der Waals surface area contributed by atoms with Gasteiger partial charge in [0.1, 0.15) is 23.3 Å². The van der Waals surface area contributed by atoms with Gasteiger partial charge in [0.15, 0.2) is 0 Å². The Morgan fingerprint density at radius 3 is 2.58 bits per heavy atom. The molecule has 1 aliphatic carbocycles. The van der Waals surface area contributed by atoms with Crippen molar-refractivity contribution in [2.45, 2.75) is 64.1 Å². The molecule has 132 valence electrons. The molecule has 0 aromatic heterocycles. The number of ether oxygens (including phenoxy) is 2. The summed E-state index contributed by atoms with van der Waals surface area (Å²) in [4.78, 5) is 12.3. The lowest BCUT2D eigenvalue weighted by atomic mass is 10.0. The Morgan fingerprint density at radius 2 is 2.00 bits per heavy atom. The summed E-state index contributed by atoms with van der Waals surface area (Å²) in [5, 5.41) is 3.30. The van der Waals surface area contributed by atoms with Gasteiger partial charge in [-0.2, -0.15) is 0 Å². The number of benzene rings is 1. The third-order valence-corrected chi connectivity index (χ3v) is 4.28. The van der Waals surface area contributed by atoms with Crippen LogP contribution in [0.15, 0.2) is 12.1 Å². The Kier molecular flexibility index (Phi) is 4.81. The van der Waals surface area contributed by atoms with Gasteiger partial charge in [-0.25, -0.2) is 9.18 Å². The molecule has 1 N–H and O–H groups in total. The summed E-state index contributed by atoms with van der Waals surface area (Å²) in [7, 11) is 0. The summed E-state index contributed by atoms with van der Waals surface area (Å²) in [5.74, 6) is -0.255. The van der Waals surface area contributed by atoms with E-state index in [2.05, 4.69) is 5.32 Å². The highest BCUT2D eigenvalue weighted by molar-refractivity contribution is 5.90. The van der Waals surface area contributed by atoms with Crippen molar-refractivity contribution in [2.24, 2.45) is 0 Å². The number of rotatable bonds is 4. The van der Waals surface area contributed by atoms with Crippen molar-refractivity contribution < 1.29 is 18.7 Å². The average Bonchev–Trinajstić information content (AvgIpc) is 3.31. The smallest absolute Gasteiger partial charge is 0.341 e. The second kappa shape index (κ2) is 6.71. The summed E-state index contributed by atoms with van der Waals surface area (Å²) in [6.45, 7) is 7.11. The molecule has 1 unspecified atom stereocenters. The molecule has 1 atom stereocenters. The quantitative estimate of drug-likeness (QED) is 0.851. The zero-order valence-electron chi connectivity index (χ0n) is 14.7. The van der Waals surface area contributed by atoms with Crippen LogP contribution < -0.4 is 10.1 Å². The molecule has 1 saturated heterocycles. The van der Waals surface area contributed by atoms with Crippen molar-refractivity contribution in [3.8, 4) is 5.75 Å². The SMILES string of the molecule is CC(C)(C)OC(=O)c1cc(C2CC2)c(OC2CCCNC2)cc1F. The first kappa shape index (κ1) is 17.2. The molecule has 1 heterocycles. The first-order chi connectivity index (χ1) is 11.3. The molecule has 0 spiro atoms. The Balaban J connectivity index is 1.85. The van der Waals surface area contributed by atoms with Crippen LogP contribution in [-0.2, 0) is 4.74 Å². The van der Waals surface area contributed by atoms with E-state index < -0.39 is 17.4 Å². The Labute approximate surface area is 142 Å². The van der Waals surface area contributed by atoms with E-state index in [4.69, 9.17) is 9.47 Å². The number of esters is 1. The molecular weight excluding hydrogens is 309 g/mol. The van der Waals surface area contributed by atoms with E-state index in [1.807, 2.05) is 0 Å². The van der Waals surface area contributed by atoms with Crippen LogP contribution in [0.2, 0.25) is 0 Å². The van der Waals surface area contributed by atoms with Gasteiger partial charge in [0.25, 0.3) is 0 Å². The Morgan fingerprint density at radius 1 is 1.25 bits per heavy atom. The van der Waals surface area contributed by atoms with Crippen molar-refractivity contribution in [1.29, 1.82) is 0 Å². The van der Waals surface area contributed by atoms with Crippen LogP contribution in [0.3, 0.4) is 0 Å². The molecule has 0 radical (unpaired) electrons. The maximum atomic E-state index is 14.5. The summed E-state index contributed by atoms with van der Waals surface area (Å²) < 4.78 is 25.9. The van der Waals surface area contributed by atoms with Crippen LogP contribution in [0.4, 0.5) is 4.39 Å². The van der Waals surface area contributed by atoms with Crippen molar-refractivity contribution >= 4 is 5.97 Å². The number of nitrogens with one attached hydrogen (secondary N) is 1. The lowest BCUT2D eigenvalue weighted by Gasteiger charge is -2.26. The van der Waals surface area contributed by atoms with Crippen LogP contribution in [-0.4, -0.2) is 30.8 Å². The molecule has 1 aliphatic heterocycles. The largest absolute Gasteiger partial charge is 0.489 e. The molecule has 1 saturated carbocycles. The second-order valence-corrected chi connectivity index (χ2v) is 7.73. The molecule has 0 amide bonds. The maximum Gasteiger partial charge on any atom is 0.341 e. The molecule has 0 bridgehead atoms. The lowest BCUT2D eigenvalue weighted by Crippen LogP contribution is -2.37. The minimum Gasteiger partial charge on any atom is -0.489 e. The molecule has 5 heteroatoms. The Bertz CT molecular complexity index is 614. The topological polar surface area (TPSA) is 47.6 Å². The lowest BCUT2D eigenvalue weighted by molar-refractivity contribution is 0.00645. The van der Waals surface area contributed by atoms with Gasteiger partial charge in [0.05, 0.1) is 5.56 Å². The standard InChI is InChI=1S/C19H26FNO3/c1-19(2,3)24-18(22)15-9-14(12-6-7-12)17(10-16(15)20)23-13-5-4-8-21-11-13/h9-10,12-13,21H,4-8,11H2,1-3H3. The summed E-state index contributed by atoms with van der Waals surface area (Å²) >= 11 is 0. The fraction of sp³-hybridized carbons (Fsp3) is 0.632. The van der Waals surface area contributed by atoms with Crippen LogP contribution in [0.25, 0.3) is 0 Å². The van der Waals surface area contributed by atoms with E-state index in [0.717, 1.165) is 44.3 Å². The van der Waals surface area contributed by atoms with Gasteiger partial charge < -0.3 is 14.8 Å². The number of carbonyl (C=O) groups excluding carboxylic acids is 1. The molecule has 3 rings (SSSR count). The summed E-state index contributed by atoms with van der Waals surface area (Å²) in [5.41, 5.74) is 0.287. The predicted octanol–water partition coefficient (Wildman–Crippen LogP) is 3.79. The van der Waals surface area contributed by atoms with E-state index in [-0.39, 0.29) is 11.7 Å². The fourth-order valence-corrected chi connectivity index (χ4v) is 2.98. The van der Waals surface area contributed by atoms with E-state index in [1.165, 1.54) is 6.07 Å². The second-order valence-electron chi connectivity index (χ2n) is 7.73. The highest BCUT2D eigenvalue weighted by Crippen LogP contribution is 2.45. The van der Waals surface area contributed by atoms with Crippen LogP contribution >= 0.6 is 0 Å². The van der Waals surface area contributed by atoms with E-state index in [9.17, 15) is 9.18 Å². The summed E-state index contributed by atoms with van der Waals surface area (Å²) in [6, 6.07) is 2.99. The number of hydrogen-bond acceptors (Lipinski definition) is 4. The number of hydrogen-bond donors (Lipinski definition) is 1. The zero-order chi connectivity index (χ0) is 17.3. The fourth-order valence-electron chi connectivity index (χ4n) is 2.98. The third-order valence-electron chi connectivity index (χ3n) is 4.28. The van der Waals surface area contributed by atoms with Gasteiger partial charge in [0.2, 0.25) is 0 Å². The van der Waals surface area contributed by atoms with Crippen molar-refractivity contribution in [1.82, 2.24) is 5.32 Å². The van der Waals surface area contributed by atoms with Crippen LogP contribution in [0.5, 0.6) is 5.75 Å². The van der Waals surface area contributed by atoms with Crippen molar-refractivity contribution in [3.05, 3.63) is 29.1 Å². The molecule has 2 fully saturated rings. The Hall–Kier alpha value is -1.62. The van der Waals surface area contributed by atoms with E-state index in [1.54, 1.807) is 26.8 Å². The zero-order valence-corrected chi connectivity index (χ0v) is 14.7. The van der Waals surface area contributed by atoms with Gasteiger partial charge >= 0.3 is 5.97 Å². The van der Waals surface area contributed by atoms with Gasteiger partial charge in [-0.15, -0.1) is 0 Å². The average molecular weight is 335 g/mol. The molecular formula is C19H26FNO3. The molecule has 24 heavy (non-hydrogen) atoms. The van der Waals surface area contributed by atoms with Gasteiger partial charge in [-0.1, -0.05) is 0 Å². The number of piperidine rings is 1. The first-order valence-corrected chi connectivity index (χ1v) is 8.77. The van der Waals surface area contributed by atoms with Gasteiger partial charge in [-0.3, -0.25) is 0 Å². The van der Waals surface area contributed by atoms with Crippen molar-refractivity contribution in [3.63, 3.8) is 0 Å². The molecule has 2 aliphatic rings. The minimum atomic E-state index is -0.647. The predicted molar refractivity (Wildman–Crippen MR) is 90.1 cm³/mol. The molecule has 1 aromatic rings. The first-order valence-electron chi connectivity index (χ1n) is 8.77. The van der Waals surface area contributed by atoms with E-state index >= 15 is 0 Å².